The molecule has 18 heavy (non-hydrogen) atoms. The first-order valence-electron chi connectivity index (χ1n) is 5.74. The van der Waals surface area contributed by atoms with E-state index < -0.39 is 0 Å². The van der Waals surface area contributed by atoms with Crippen molar-refractivity contribution in [2.45, 2.75) is 6.92 Å². The van der Waals surface area contributed by atoms with E-state index in [1.165, 1.54) is 6.07 Å². The summed E-state index contributed by atoms with van der Waals surface area (Å²) in [4.78, 5) is 12.1. The minimum atomic E-state index is -0.156. The second-order valence-electron chi connectivity index (χ2n) is 4.08. The molecule has 0 heterocycles. The predicted octanol–water partition coefficient (Wildman–Crippen LogP) is 3.68. The summed E-state index contributed by atoms with van der Waals surface area (Å²) in [6, 6.07) is 16.2. The van der Waals surface area contributed by atoms with Crippen molar-refractivity contribution in [3.8, 4) is 5.75 Å². The summed E-state index contributed by atoms with van der Waals surface area (Å²) in [5.74, 6) is -0.139. The van der Waals surface area contributed by atoms with Crippen LogP contribution in [0.4, 0.5) is 0 Å². The zero-order valence-electron chi connectivity index (χ0n) is 10.1. The summed E-state index contributed by atoms with van der Waals surface area (Å²) in [6.45, 7) is 1.75. The highest BCUT2D eigenvalue weighted by atomic mass is 16.3. The average Bonchev–Trinajstić information content (AvgIpc) is 2.39. The van der Waals surface area contributed by atoms with E-state index in [4.69, 9.17) is 0 Å². The fourth-order valence-corrected chi connectivity index (χ4v) is 1.74. The number of phenols is 1. The Hall–Kier alpha value is -2.35. The van der Waals surface area contributed by atoms with Gasteiger partial charge in [0, 0.05) is 0 Å². The number of ketones is 1. The van der Waals surface area contributed by atoms with Crippen LogP contribution in [0.5, 0.6) is 5.75 Å². The summed E-state index contributed by atoms with van der Waals surface area (Å²) in [5, 5.41) is 9.65. The van der Waals surface area contributed by atoms with E-state index in [1.54, 1.807) is 25.1 Å². The third kappa shape index (κ3) is 2.66. The van der Waals surface area contributed by atoms with Gasteiger partial charge in [0.15, 0.2) is 5.78 Å². The summed E-state index contributed by atoms with van der Waals surface area (Å²) in [6.07, 6.45) is 1.81. The molecule has 0 bridgehead atoms. The number of hydrogen-bond acceptors (Lipinski definition) is 2. The third-order valence-electron chi connectivity index (χ3n) is 2.69. The van der Waals surface area contributed by atoms with Crippen LogP contribution >= 0.6 is 0 Å². The first-order chi connectivity index (χ1) is 8.68. The minimum absolute atomic E-state index is 0.0170. The highest BCUT2D eigenvalue weighted by Gasteiger charge is 2.11. The second kappa shape index (κ2) is 5.32. The number of para-hydroxylation sites is 1. The summed E-state index contributed by atoms with van der Waals surface area (Å²) >= 11 is 0. The van der Waals surface area contributed by atoms with E-state index in [0.29, 0.717) is 11.1 Å². The molecular formula is C16H14O2. The molecule has 0 amide bonds. The van der Waals surface area contributed by atoms with Crippen molar-refractivity contribution in [2.24, 2.45) is 0 Å². The van der Waals surface area contributed by atoms with Crippen molar-refractivity contribution in [2.75, 3.05) is 0 Å². The lowest BCUT2D eigenvalue weighted by molar-refractivity contribution is 0.103. The van der Waals surface area contributed by atoms with Gasteiger partial charge in [0.1, 0.15) is 5.75 Å². The molecule has 0 radical (unpaired) electrons. The zero-order valence-corrected chi connectivity index (χ0v) is 10.1. The Morgan fingerprint density at radius 2 is 1.61 bits per heavy atom. The SMILES string of the molecule is C/C(=C/c1ccccc1)C(=O)c1ccccc1O. The Morgan fingerprint density at radius 3 is 2.28 bits per heavy atom. The number of allylic oxidation sites excluding steroid dienone is 1. The number of carbonyl (C=O) groups excluding carboxylic acids is 1. The quantitative estimate of drug-likeness (QED) is 0.654. The third-order valence-corrected chi connectivity index (χ3v) is 2.69. The number of benzene rings is 2. The average molecular weight is 238 g/mol. The number of Topliss-reactive ketones (excluding diaryl/α,β-unsaturated/α-hetero) is 1. The molecule has 0 unspecified atom stereocenters. The van der Waals surface area contributed by atoms with E-state index in [0.717, 1.165) is 5.56 Å². The maximum atomic E-state index is 12.1. The van der Waals surface area contributed by atoms with Gasteiger partial charge >= 0.3 is 0 Å². The van der Waals surface area contributed by atoms with Gasteiger partial charge in [0.05, 0.1) is 5.56 Å². The molecule has 0 aliphatic heterocycles. The second-order valence-corrected chi connectivity index (χ2v) is 4.08. The highest BCUT2D eigenvalue weighted by molar-refractivity contribution is 6.12. The van der Waals surface area contributed by atoms with Gasteiger partial charge in [-0.05, 0) is 36.3 Å². The van der Waals surface area contributed by atoms with Crippen LogP contribution in [0.25, 0.3) is 6.08 Å². The monoisotopic (exact) mass is 238 g/mol. The normalized spacial score (nSPS) is 11.3. The Bertz CT molecular complexity index is 583. The van der Waals surface area contributed by atoms with Crippen molar-refractivity contribution < 1.29 is 9.90 Å². The Kier molecular flexibility index (Phi) is 3.58. The standard InChI is InChI=1S/C16H14O2/c1-12(11-13-7-3-2-4-8-13)16(18)14-9-5-6-10-15(14)17/h2-11,17H,1H3/b12-11-. The van der Waals surface area contributed by atoms with Crippen molar-refractivity contribution in [1.29, 1.82) is 0 Å². The first kappa shape index (κ1) is 12.1. The van der Waals surface area contributed by atoms with Gasteiger partial charge in [-0.15, -0.1) is 0 Å². The van der Waals surface area contributed by atoms with Crippen LogP contribution in [0.2, 0.25) is 0 Å². The van der Waals surface area contributed by atoms with E-state index in [2.05, 4.69) is 0 Å². The molecule has 0 aliphatic carbocycles. The van der Waals surface area contributed by atoms with Crippen molar-refractivity contribution in [3.05, 3.63) is 71.3 Å². The van der Waals surface area contributed by atoms with Crippen LogP contribution in [-0.2, 0) is 0 Å². The number of aromatic hydroxyl groups is 1. The highest BCUT2D eigenvalue weighted by Crippen LogP contribution is 2.20. The lowest BCUT2D eigenvalue weighted by atomic mass is 10.0. The molecule has 2 aromatic carbocycles. The van der Waals surface area contributed by atoms with Gasteiger partial charge in [0.2, 0.25) is 0 Å². The fourth-order valence-electron chi connectivity index (χ4n) is 1.74. The van der Waals surface area contributed by atoms with Crippen molar-refractivity contribution >= 4 is 11.9 Å². The van der Waals surface area contributed by atoms with Crippen LogP contribution in [-0.4, -0.2) is 10.9 Å². The Morgan fingerprint density at radius 1 is 1.00 bits per heavy atom. The Balaban J connectivity index is 2.30. The molecule has 0 fully saturated rings. The van der Waals surface area contributed by atoms with Gasteiger partial charge in [-0.2, -0.15) is 0 Å². The van der Waals surface area contributed by atoms with Gasteiger partial charge in [0.25, 0.3) is 0 Å². The molecule has 90 valence electrons. The van der Waals surface area contributed by atoms with Crippen LogP contribution in [0.3, 0.4) is 0 Å². The topological polar surface area (TPSA) is 37.3 Å². The summed E-state index contributed by atoms with van der Waals surface area (Å²) < 4.78 is 0. The van der Waals surface area contributed by atoms with Gasteiger partial charge in [-0.3, -0.25) is 4.79 Å². The predicted molar refractivity (Wildman–Crippen MR) is 72.5 cm³/mol. The molecule has 0 atom stereocenters. The van der Waals surface area contributed by atoms with Crippen LogP contribution in [0.15, 0.2) is 60.2 Å². The zero-order chi connectivity index (χ0) is 13.0. The van der Waals surface area contributed by atoms with Crippen molar-refractivity contribution in [3.63, 3.8) is 0 Å². The lowest BCUT2D eigenvalue weighted by Gasteiger charge is -2.03. The van der Waals surface area contributed by atoms with Crippen LogP contribution in [0.1, 0.15) is 22.8 Å². The smallest absolute Gasteiger partial charge is 0.192 e. The maximum absolute atomic E-state index is 12.1. The van der Waals surface area contributed by atoms with Gasteiger partial charge in [-0.1, -0.05) is 42.5 Å². The molecule has 0 aromatic heterocycles. The molecule has 2 rings (SSSR count). The number of hydrogen-bond donors (Lipinski definition) is 1. The molecule has 0 spiro atoms. The van der Waals surface area contributed by atoms with Crippen LogP contribution < -0.4 is 0 Å². The largest absolute Gasteiger partial charge is 0.507 e. The fraction of sp³-hybridized carbons (Fsp3) is 0.0625. The first-order valence-corrected chi connectivity index (χ1v) is 5.74. The number of rotatable bonds is 3. The molecule has 2 aromatic rings. The van der Waals surface area contributed by atoms with Crippen LogP contribution in [0, 0.1) is 0 Å². The maximum Gasteiger partial charge on any atom is 0.192 e. The molecular weight excluding hydrogens is 224 g/mol. The summed E-state index contributed by atoms with van der Waals surface area (Å²) in [5.41, 5.74) is 1.91. The molecule has 0 saturated carbocycles. The Labute approximate surface area is 106 Å². The van der Waals surface area contributed by atoms with E-state index in [9.17, 15) is 9.90 Å². The van der Waals surface area contributed by atoms with E-state index in [-0.39, 0.29) is 11.5 Å². The molecule has 2 nitrogen and oxygen atoms in total. The summed E-state index contributed by atoms with van der Waals surface area (Å²) in [7, 11) is 0. The van der Waals surface area contributed by atoms with Crippen molar-refractivity contribution in [1.82, 2.24) is 0 Å². The molecule has 0 saturated heterocycles. The van der Waals surface area contributed by atoms with E-state index >= 15 is 0 Å². The molecule has 2 heteroatoms. The van der Waals surface area contributed by atoms with Gasteiger partial charge < -0.3 is 5.11 Å². The lowest BCUT2D eigenvalue weighted by Crippen LogP contribution is -2.00. The molecule has 1 N–H and O–H groups in total. The minimum Gasteiger partial charge on any atom is -0.507 e. The van der Waals surface area contributed by atoms with E-state index in [1.807, 2.05) is 36.4 Å². The number of carbonyl (C=O) groups is 1. The van der Waals surface area contributed by atoms with Gasteiger partial charge in [-0.25, -0.2) is 0 Å². The molecule has 0 aliphatic rings. The number of phenolic OH excluding ortho intramolecular Hbond substituents is 1.